The average molecular weight is 372 g/mol. The van der Waals surface area contributed by atoms with Crippen LogP contribution in [0.4, 0.5) is 4.39 Å². The van der Waals surface area contributed by atoms with E-state index >= 15 is 0 Å². The maximum absolute atomic E-state index is 13.6. The predicted molar refractivity (Wildman–Crippen MR) is 102 cm³/mol. The Hall–Kier alpha value is -2.89. The molecular weight excluding hydrogens is 347 g/mol. The number of hydrogen-bond donors (Lipinski definition) is 2. The molecule has 144 valence electrons. The molecule has 0 aromatic heterocycles. The summed E-state index contributed by atoms with van der Waals surface area (Å²) in [4.78, 5) is 24.8. The van der Waals surface area contributed by atoms with Crippen LogP contribution in [0, 0.1) is 11.2 Å². The Morgan fingerprint density at radius 1 is 1.04 bits per heavy atom. The molecule has 0 heterocycles. The van der Waals surface area contributed by atoms with Crippen LogP contribution in [0.5, 0.6) is 5.75 Å². The summed E-state index contributed by atoms with van der Waals surface area (Å²) in [6.07, 6.45) is 0.621. The smallest absolute Gasteiger partial charge is 0.235 e. The third kappa shape index (κ3) is 5.54. The van der Waals surface area contributed by atoms with Crippen LogP contribution in [0.2, 0.25) is 0 Å². The van der Waals surface area contributed by atoms with Gasteiger partial charge < -0.3 is 15.4 Å². The summed E-state index contributed by atoms with van der Waals surface area (Å²) in [5.74, 6) is -0.467. The fraction of sp³-hybridized carbons (Fsp3) is 0.333. The SMILES string of the molecule is COc1cccc(CCNC(=O)C(C)(C)C(=O)NCc2ccccc2F)c1. The third-order valence-corrected chi connectivity index (χ3v) is 4.37. The van der Waals surface area contributed by atoms with E-state index in [2.05, 4.69) is 10.6 Å². The highest BCUT2D eigenvalue weighted by atomic mass is 19.1. The Morgan fingerprint density at radius 2 is 1.74 bits per heavy atom. The number of hydrogen-bond acceptors (Lipinski definition) is 3. The molecule has 0 aliphatic heterocycles. The highest BCUT2D eigenvalue weighted by molar-refractivity contribution is 6.04. The van der Waals surface area contributed by atoms with Gasteiger partial charge in [-0.1, -0.05) is 30.3 Å². The number of halogens is 1. The summed E-state index contributed by atoms with van der Waals surface area (Å²) in [6, 6.07) is 13.8. The van der Waals surface area contributed by atoms with Gasteiger partial charge in [0.2, 0.25) is 11.8 Å². The van der Waals surface area contributed by atoms with E-state index in [1.54, 1.807) is 39.2 Å². The van der Waals surface area contributed by atoms with Crippen molar-refractivity contribution in [2.75, 3.05) is 13.7 Å². The Kier molecular flexibility index (Phi) is 6.93. The topological polar surface area (TPSA) is 67.4 Å². The van der Waals surface area contributed by atoms with Crippen LogP contribution in [0.3, 0.4) is 0 Å². The van der Waals surface area contributed by atoms with Gasteiger partial charge in [0.05, 0.1) is 7.11 Å². The number of amides is 2. The van der Waals surface area contributed by atoms with Gasteiger partial charge in [-0.3, -0.25) is 9.59 Å². The summed E-state index contributed by atoms with van der Waals surface area (Å²) in [6.45, 7) is 3.52. The molecule has 0 saturated heterocycles. The van der Waals surface area contributed by atoms with Crippen molar-refractivity contribution < 1.29 is 18.7 Å². The summed E-state index contributed by atoms with van der Waals surface area (Å²) < 4.78 is 18.8. The minimum absolute atomic E-state index is 0.0338. The normalized spacial score (nSPS) is 11.0. The third-order valence-electron chi connectivity index (χ3n) is 4.37. The zero-order valence-electron chi connectivity index (χ0n) is 15.8. The van der Waals surface area contributed by atoms with Gasteiger partial charge in [-0.2, -0.15) is 0 Å². The van der Waals surface area contributed by atoms with Crippen molar-refractivity contribution in [3.8, 4) is 5.75 Å². The molecule has 0 aliphatic rings. The van der Waals surface area contributed by atoms with E-state index in [4.69, 9.17) is 4.74 Å². The lowest BCUT2D eigenvalue weighted by Gasteiger charge is -2.23. The van der Waals surface area contributed by atoms with E-state index in [9.17, 15) is 14.0 Å². The molecule has 0 saturated carbocycles. The lowest BCUT2D eigenvalue weighted by Crippen LogP contribution is -2.48. The first-order valence-electron chi connectivity index (χ1n) is 8.77. The number of benzene rings is 2. The van der Waals surface area contributed by atoms with Crippen molar-refractivity contribution in [1.82, 2.24) is 10.6 Å². The molecule has 0 fully saturated rings. The zero-order chi connectivity index (χ0) is 19.9. The van der Waals surface area contributed by atoms with Gasteiger partial charge in [-0.15, -0.1) is 0 Å². The van der Waals surface area contributed by atoms with Crippen molar-refractivity contribution in [1.29, 1.82) is 0 Å². The largest absolute Gasteiger partial charge is 0.497 e. The lowest BCUT2D eigenvalue weighted by molar-refractivity contribution is -0.141. The predicted octanol–water partition coefficient (Wildman–Crippen LogP) is 2.84. The van der Waals surface area contributed by atoms with Crippen molar-refractivity contribution in [2.45, 2.75) is 26.8 Å². The van der Waals surface area contributed by atoms with E-state index in [1.807, 2.05) is 24.3 Å². The van der Waals surface area contributed by atoms with Crippen molar-refractivity contribution in [2.24, 2.45) is 5.41 Å². The Labute approximate surface area is 158 Å². The molecule has 0 spiro atoms. The molecule has 27 heavy (non-hydrogen) atoms. The fourth-order valence-electron chi connectivity index (χ4n) is 2.51. The molecule has 6 heteroatoms. The van der Waals surface area contributed by atoms with Crippen LogP contribution in [-0.2, 0) is 22.6 Å². The molecule has 2 rings (SSSR count). The first-order valence-corrected chi connectivity index (χ1v) is 8.77. The summed E-state index contributed by atoms with van der Waals surface area (Å²) in [5, 5.41) is 5.41. The molecule has 5 nitrogen and oxygen atoms in total. The van der Waals surface area contributed by atoms with Crippen LogP contribution in [0.1, 0.15) is 25.0 Å². The number of carbonyl (C=O) groups excluding carboxylic acids is 2. The van der Waals surface area contributed by atoms with Crippen molar-refractivity contribution in [3.05, 3.63) is 65.5 Å². The maximum Gasteiger partial charge on any atom is 0.235 e. The first-order chi connectivity index (χ1) is 12.8. The van der Waals surface area contributed by atoms with Crippen LogP contribution >= 0.6 is 0 Å². The van der Waals surface area contributed by atoms with E-state index in [-0.39, 0.29) is 12.5 Å². The molecule has 2 aromatic carbocycles. The van der Waals surface area contributed by atoms with Gasteiger partial charge in [0.25, 0.3) is 0 Å². The van der Waals surface area contributed by atoms with Crippen molar-refractivity contribution in [3.63, 3.8) is 0 Å². The summed E-state index contributed by atoms with van der Waals surface area (Å²) in [7, 11) is 1.60. The first kappa shape index (κ1) is 20.4. The quantitative estimate of drug-likeness (QED) is 0.700. The van der Waals surface area contributed by atoms with Crippen molar-refractivity contribution >= 4 is 11.8 Å². The number of carbonyl (C=O) groups is 2. The molecule has 0 radical (unpaired) electrons. The van der Waals surface area contributed by atoms with Gasteiger partial charge in [-0.25, -0.2) is 4.39 Å². The van der Waals surface area contributed by atoms with E-state index in [0.29, 0.717) is 18.5 Å². The Bertz CT molecular complexity index is 806. The van der Waals surface area contributed by atoms with Gasteiger partial charge in [-0.05, 0) is 44.0 Å². The maximum atomic E-state index is 13.6. The Balaban J connectivity index is 1.85. The summed E-state index contributed by atoms with van der Waals surface area (Å²) >= 11 is 0. The van der Waals surface area contributed by atoms with Crippen LogP contribution < -0.4 is 15.4 Å². The second-order valence-electron chi connectivity index (χ2n) is 6.76. The lowest BCUT2D eigenvalue weighted by atomic mass is 9.91. The van der Waals surface area contributed by atoms with Crippen LogP contribution in [0.25, 0.3) is 0 Å². The van der Waals surface area contributed by atoms with Gasteiger partial charge >= 0.3 is 0 Å². The van der Waals surface area contributed by atoms with Crippen LogP contribution in [-0.4, -0.2) is 25.5 Å². The number of ether oxygens (including phenoxy) is 1. The zero-order valence-corrected chi connectivity index (χ0v) is 15.8. The number of methoxy groups -OCH3 is 1. The van der Waals surface area contributed by atoms with Gasteiger partial charge in [0, 0.05) is 18.7 Å². The number of rotatable bonds is 8. The molecule has 2 aromatic rings. The fourth-order valence-corrected chi connectivity index (χ4v) is 2.51. The highest BCUT2D eigenvalue weighted by Gasteiger charge is 2.35. The second kappa shape index (κ2) is 9.16. The highest BCUT2D eigenvalue weighted by Crippen LogP contribution is 2.17. The van der Waals surface area contributed by atoms with E-state index in [1.165, 1.54) is 6.07 Å². The monoisotopic (exact) mass is 372 g/mol. The number of nitrogens with one attached hydrogen (secondary N) is 2. The minimum Gasteiger partial charge on any atom is -0.497 e. The summed E-state index contributed by atoms with van der Waals surface area (Å²) in [5.41, 5.74) is 0.135. The standard InChI is InChI=1S/C21H25FN2O3/c1-21(2,20(26)24-14-16-8-4-5-10-18(16)22)19(25)23-12-11-15-7-6-9-17(13-15)27-3/h4-10,13H,11-12,14H2,1-3H3,(H,23,25)(H,24,26). The minimum atomic E-state index is -1.26. The second-order valence-corrected chi connectivity index (χ2v) is 6.76. The Morgan fingerprint density at radius 3 is 2.44 bits per heavy atom. The molecular formula is C21H25FN2O3. The molecule has 2 N–H and O–H groups in total. The molecule has 0 aliphatic carbocycles. The molecule has 2 amide bonds. The van der Waals surface area contributed by atoms with E-state index < -0.39 is 17.1 Å². The van der Waals surface area contributed by atoms with Gasteiger partial charge in [0.15, 0.2) is 0 Å². The average Bonchev–Trinajstić information content (AvgIpc) is 2.67. The molecule has 0 bridgehead atoms. The van der Waals surface area contributed by atoms with Gasteiger partial charge in [0.1, 0.15) is 17.0 Å². The molecule has 0 unspecified atom stereocenters. The van der Waals surface area contributed by atoms with Crippen LogP contribution in [0.15, 0.2) is 48.5 Å². The van der Waals surface area contributed by atoms with E-state index in [0.717, 1.165) is 11.3 Å². The molecule has 0 atom stereocenters.